The van der Waals surface area contributed by atoms with Crippen molar-refractivity contribution in [1.82, 2.24) is 4.90 Å². The van der Waals surface area contributed by atoms with Crippen LogP contribution in [-0.2, 0) is 46.6 Å². The Kier molecular flexibility index (Phi) is 8.33. The van der Waals surface area contributed by atoms with E-state index in [-0.39, 0.29) is 13.2 Å². The molecule has 1 saturated carbocycles. The fourth-order valence-corrected chi connectivity index (χ4v) is 8.97. The number of hydrogen-bond donors (Lipinski definition) is 0. The molecule has 9 heteroatoms. The molecule has 1 aliphatic carbocycles. The Morgan fingerprint density at radius 1 is 0.667 bits per heavy atom. The Hall–Kier alpha value is -4.89. The summed E-state index contributed by atoms with van der Waals surface area (Å²) in [5.74, 6) is -4.32. The second-order valence-corrected chi connectivity index (χ2v) is 14.6. The number of carbonyl (C=O) groups excluding carboxylic acids is 4. The molecule has 1 spiro atoms. The number of β-lactam (4-membered cyclic amide) rings is 1. The summed E-state index contributed by atoms with van der Waals surface area (Å²) in [7, 11) is 0. The normalized spacial score (nSPS) is 24.8. The number of rotatable bonds is 10. The van der Waals surface area contributed by atoms with E-state index in [1.54, 1.807) is 0 Å². The lowest BCUT2D eigenvalue weighted by Gasteiger charge is -2.45. The van der Waals surface area contributed by atoms with Gasteiger partial charge in [-0.2, -0.15) is 0 Å². The molecular formula is C39H35NO7S. The molecule has 3 aliphatic rings. The average Bonchev–Trinajstić information content (AvgIpc) is 3.78. The lowest BCUT2D eigenvalue weighted by molar-refractivity contribution is -0.174. The van der Waals surface area contributed by atoms with Gasteiger partial charge in [0.2, 0.25) is 5.91 Å². The zero-order valence-electron chi connectivity index (χ0n) is 26.6. The molecule has 4 aromatic rings. The smallest absolute Gasteiger partial charge is 0.331 e. The highest BCUT2D eigenvalue weighted by atomic mass is 32.2. The van der Waals surface area contributed by atoms with Crippen LogP contribution in [0.15, 0.2) is 121 Å². The fourth-order valence-electron chi connectivity index (χ4n) is 7.14. The Morgan fingerprint density at radius 3 is 1.52 bits per heavy atom. The summed E-state index contributed by atoms with van der Waals surface area (Å²) in [5, 5.41) is -0.618. The second-order valence-electron chi connectivity index (χ2n) is 12.9. The van der Waals surface area contributed by atoms with Gasteiger partial charge >= 0.3 is 17.9 Å². The minimum Gasteiger partial charge on any atom is -0.461 e. The lowest BCUT2D eigenvalue weighted by Crippen LogP contribution is -2.66. The summed E-state index contributed by atoms with van der Waals surface area (Å²) in [5.41, 5.74) is 1.81. The predicted molar refractivity (Wildman–Crippen MR) is 179 cm³/mol. The van der Waals surface area contributed by atoms with Crippen LogP contribution in [0.25, 0.3) is 0 Å². The summed E-state index contributed by atoms with van der Waals surface area (Å²) < 4.78 is 16.8. The minimum atomic E-state index is -1.36. The number of carbonyl (C=O) groups is 4. The summed E-state index contributed by atoms with van der Waals surface area (Å²) >= 11 is 1.41. The maximum Gasteiger partial charge on any atom is 0.331 e. The van der Waals surface area contributed by atoms with Gasteiger partial charge < -0.3 is 19.1 Å². The number of fused-ring (bicyclic) bond motifs is 2. The van der Waals surface area contributed by atoms with Crippen molar-refractivity contribution in [3.05, 3.63) is 144 Å². The van der Waals surface area contributed by atoms with Crippen molar-refractivity contribution >= 4 is 35.6 Å². The summed E-state index contributed by atoms with van der Waals surface area (Å²) in [6, 6.07) is 36.4. The van der Waals surface area contributed by atoms with E-state index in [1.807, 2.05) is 135 Å². The number of ether oxygens (including phenoxy) is 3. The van der Waals surface area contributed by atoms with Crippen molar-refractivity contribution in [1.29, 1.82) is 0 Å². The van der Waals surface area contributed by atoms with Crippen molar-refractivity contribution in [2.75, 3.05) is 0 Å². The van der Waals surface area contributed by atoms with E-state index in [1.165, 1.54) is 16.7 Å². The van der Waals surface area contributed by atoms with Crippen LogP contribution in [0.5, 0.6) is 0 Å². The largest absolute Gasteiger partial charge is 0.461 e. The molecule has 48 heavy (non-hydrogen) atoms. The van der Waals surface area contributed by atoms with Crippen molar-refractivity contribution in [3.63, 3.8) is 0 Å². The van der Waals surface area contributed by atoms with Crippen LogP contribution in [0.1, 0.15) is 42.2 Å². The summed E-state index contributed by atoms with van der Waals surface area (Å²) in [4.78, 5) is 57.2. The van der Waals surface area contributed by atoms with E-state index in [0.29, 0.717) is 0 Å². The maximum absolute atomic E-state index is 14.3. The first kappa shape index (κ1) is 31.7. The Labute approximate surface area is 283 Å². The van der Waals surface area contributed by atoms with Crippen LogP contribution < -0.4 is 0 Å². The molecule has 0 aromatic heterocycles. The predicted octanol–water partition coefficient (Wildman–Crippen LogP) is 6.10. The van der Waals surface area contributed by atoms with Crippen molar-refractivity contribution in [2.24, 2.45) is 17.3 Å². The third-order valence-electron chi connectivity index (χ3n) is 9.49. The van der Waals surface area contributed by atoms with E-state index >= 15 is 0 Å². The monoisotopic (exact) mass is 661 g/mol. The number of nitrogens with zero attached hydrogens (tertiary/aromatic N) is 1. The highest BCUT2D eigenvalue weighted by Gasteiger charge is 2.90. The van der Waals surface area contributed by atoms with Crippen molar-refractivity contribution in [3.8, 4) is 0 Å². The van der Waals surface area contributed by atoms with Crippen LogP contribution in [0.2, 0.25) is 0 Å². The Bertz CT molecular complexity index is 1720. The first-order chi connectivity index (χ1) is 23.2. The molecule has 3 fully saturated rings. The van der Waals surface area contributed by atoms with Gasteiger partial charge in [-0.15, -0.1) is 11.8 Å². The van der Waals surface area contributed by atoms with Gasteiger partial charge in [-0.3, -0.25) is 14.4 Å². The molecule has 1 unspecified atom stereocenters. The Morgan fingerprint density at radius 2 is 1.08 bits per heavy atom. The quantitative estimate of drug-likeness (QED) is 0.114. The molecule has 2 aliphatic heterocycles. The molecule has 2 saturated heterocycles. The first-order valence-corrected chi connectivity index (χ1v) is 16.8. The third kappa shape index (κ3) is 5.46. The van der Waals surface area contributed by atoms with Gasteiger partial charge in [0.25, 0.3) is 0 Å². The number of benzene rings is 4. The molecule has 0 bridgehead atoms. The maximum atomic E-state index is 14.3. The minimum absolute atomic E-state index is 0.00849. The summed E-state index contributed by atoms with van der Waals surface area (Å²) in [6.07, 6.45) is -0.688. The highest BCUT2D eigenvalue weighted by molar-refractivity contribution is 8.01. The molecule has 5 atom stereocenters. The molecule has 0 radical (unpaired) electrons. The number of thioether (sulfide) groups is 1. The molecule has 4 aromatic carbocycles. The molecule has 1 amide bonds. The number of amides is 1. The molecule has 7 rings (SSSR count). The van der Waals surface area contributed by atoms with Crippen LogP contribution in [-0.4, -0.2) is 44.9 Å². The van der Waals surface area contributed by atoms with Gasteiger partial charge in [-0.1, -0.05) is 121 Å². The van der Waals surface area contributed by atoms with Gasteiger partial charge in [-0.05, 0) is 36.1 Å². The van der Waals surface area contributed by atoms with Gasteiger partial charge in [0.1, 0.15) is 24.7 Å². The van der Waals surface area contributed by atoms with Gasteiger partial charge in [-0.25, -0.2) is 4.79 Å². The zero-order chi connectivity index (χ0) is 33.5. The van der Waals surface area contributed by atoms with E-state index in [2.05, 4.69) is 0 Å². The topological polar surface area (TPSA) is 99.2 Å². The van der Waals surface area contributed by atoms with Gasteiger partial charge in [0.15, 0.2) is 6.10 Å². The van der Waals surface area contributed by atoms with Crippen LogP contribution >= 0.6 is 11.8 Å². The van der Waals surface area contributed by atoms with Crippen molar-refractivity contribution in [2.45, 2.75) is 49.3 Å². The summed E-state index contributed by atoms with van der Waals surface area (Å²) in [6.45, 7) is 3.79. The van der Waals surface area contributed by atoms with E-state index in [0.717, 1.165) is 22.3 Å². The highest BCUT2D eigenvalue weighted by Crippen LogP contribution is 2.75. The molecule has 2 heterocycles. The second kappa shape index (κ2) is 12.6. The standard InChI is InChI=1S/C39H35NO7S/c1-38(2)32(35(43)47-31(27-19-11-5-12-20-27)28-21-13-6-14-22-28)40-36(44)39(37(40)48-38)29(33(41)45-23-25-15-7-3-8-16-25)30(39)34(42)46-24-26-17-9-4-10-18-26/h3-22,29-32,37H,23-24H2,1-2H3/t29-,30+,32-,37+,39?/m0/s1. The van der Waals surface area contributed by atoms with E-state index in [9.17, 15) is 19.2 Å². The van der Waals surface area contributed by atoms with E-state index < -0.39 is 63.3 Å². The fraction of sp³-hybridized carbons (Fsp3) is 0.282. The molecule has 8 nitrogen and oxygen atoms in total. The Balaban J connectivity index is 1.15. The SMILES string of the molecule is CC1(C)S[C@H]2N(C(=O)C23[C@H](C(=O)OCc2ccccc2)[C@@H]3C(=O)OCc2ccccc2)[C@H]1C(=O)OC(c1ccccc1)c1ccccc1. The molecule has 244 valence electrons. The van der Waals surface area contributed by atoms with Crippen LogP contribution in [0.4, 0.5) is 0 Å². The first-order valence-electron chi connectivity index (χ1n) is 16.0. The van der Waals surface area contributed by atoms with Crippen LogP contribution in [0, 0.1) is 17.3 Å². The number of esters is 3. The number of hydrogen-bond acceptors (Lipinski definition) is 8. The van der Waals surface area contributed by atoms with Crippen LogP contribution in [0.3, 0.4) is 0 Å². The van der Waals surface area contributed by atoms with Gasteiger partial charge in [0.05, 0.1) is 17.2 Å². The van der Waals surface area contributed by atoms with Crippen molar-refractivity contribution < 1.29 is 33.4 Å². The zero-order valence-corrected chi connectivity index (χ0v) is 27.4. The lowest BCUT2D eigenvalue weighted by atomic mass is 9.85. The van der Waals surface area contributed by atoms with Gasteiger partial charge in [0, 0.05) is 4.75 Å². The molecular weight excluding hydrogens is 626 g/mol. The third-order valence-corrected chi connectivity index (χ3v) is 11.2. The van der Waals surface area contributed by atoms with E-state index in [4.69, 9.17) is 14.2 Å². The average molecular weight is 662 g/mol. The molecule has 0 N–H and O–H groups in total.